The molecule has 4 rings (SSSR count). The van der Waals surface area contributed by atoms with Crippen LogP contribution in [0.25, 0.3) is 0 Å². The van der Waals surface area contributed by atoms with Crippen LogP contribution >= 0.6 is 12.4 Å². The normalized spacial score (nSPS) is 15.6. The summed E-state index contributed by atoms with van der Waals surface area (Å²) in [5.74, 6) is 1.39. The fraction of sp³-hybridized carbons (Fsp3) is 0.462. The van der Waals surface area contributed by atoms with Crippen molar-refractivity contribution in [1.29, 1.82) is 0 Å². The van der Waals surface area contributed by atoms with Crippen LogP contribution in [0.3, 0.4) is 0 Å². The lowest BCUT2D eigenvalue weighted by atomic mass is 10.0. The number of benzene rings is 2. The molecular weight excluding hydrogens is 454 g/mol. The average Bonchev–Trinajstić information content (AvgIpc) is 3.59. The first-order chi connectivity index (χ1) is 15.9. The number of methoxy groups -OCH3 is 1. The number of hydrogen-bond acceptors (Lipinski definition) is 5. The van der Waals surface area contributed by atoms with E-state index in [1.54, 1.807) is 7.11 Å². The van der Waals surface area contributed by atoms with E-state index < -0.39 is 0 Å². The number of halogens is 1. The van der Waals surface area contributed by atoms with E-state index in [9.17, 15) is 9.59 Å². The number of amides is 2. The molecule has 2 aliphatic rings. The first-order valence-corrected chi connectivity index (χ1v) is 11.6. The van der Waals surface area contributed by atoms with Gasteiger partial charge in [0.2, 0.25) is 5.91 Å². The molecular formula is C26H34ClN3O4. The van der Waals surface area contributed by atoms with Crippen molar-refractivity contribution < 1.29 is 19.1 Å². The fourth-order valence-corrected chi connectivity index (χ4v) is 4.37. The molecule has 0 radical (unpaired) electrons. The van der Waals surface area contributed by atoms with Crippen molar-refractivity contribution >= 4 is 29.9 Å². The van der Waals surface area contributed by atoms with Gasteiger partial charge in [0.05, 0.1) is 31.0 Å². The van der Waals surface area contributed by atoms with Gasteiger partial charge in [0.25, 0.3) is 5.91 Å². The van der Waals surface area contributed by atoms with Gasteiger partial charge >= 0.3 is 0 Å². The monoisotopic (exact) mass is 487 g/mol. The molecule has 7 nitrogen and oxygen atoms in total. The number of anilines is 1. The summed E-state index contributed by atoms with van der Waals surface area (Å²) in [6.07, 6.45) is 2.62. The first-order valence-electron chi connectivity index (χ1n) is 11.6. The van der Waals surface area contributed by atoms with Gasteiger partial charge in [-0.2, -0.15) is 0 Å². The average molecular weight is 488 g/mol. The van der Waals surface area contributed by atoms with E-state index in [0.717, 1.165) is 36.9 Å². The summed E-state index contributed by atoms with van der Waals surface area (Å²) in [5.41, 5.74) is 3.18. The van der Waals surface area contributed by atoms with Gasteiger partial charge in [0, 0.05) is 12.5 Å². The maximum Gasteiger partial charge on any atom is 0.257 e. The van der Waals surface area contributed by atoms with Gasteiger partial charge < -0.3 is 24.6 Å². The molecule has 0 aromatic heterocycles. The van der Waals surface area contributed by atoms with Crippen molar-refractivity contribution in [3.05, 3.63) is 53.1 Å². The van der Waals surface area contributed by atoms with Crippen LogP contribution < -0.4 is 14.8 Å². The van der Waals surface area contributed by atoms with Crippen LogP contribution in [0.1, 0.15) is 53.7 Å². The number of rotatable bonds is 10. The van der Waals surface area contributed by atoms with E-state index in [1.165, 1.54) is 0 Å². The molecule has 0 spiro atoms. The maximum absolute atomic E-state index is 13.7. The molecule has 1 aliphatic heterocycles. The SMILES string of the molecule is CCOc1cc([C@H](CCN(C)C)N2Cc3cccc(NC(=O)C4CC4)c3C2=O)ccc1OC.Cl. The molecule has 1 N–H and O–H groups in total. The highest BCUT2D eigenvalue weighted by Gasteiger charge is 2.37. The van der Waals surface area contributed by atoms with Crippen molar-refractivity contribution in [3.63, 3.8) is 0 Å². The van der Waals surface area contributed by atoms with E-state index in [1.807, 2.05) is 62.3 Å². The number of ether oxygens (including phenoxy) is 2. The smallest absolute Gasteiger partial charge is 0.257 e. The molecule has 1 saturated carbocycles. The van der Waals surface area contributed by atoms with Crippen molar-refractivity contribution in [2.75, 3.05) is 39.7 Å². The van der Waals surface area contributed by atoms with Crippen LogP contribution in [0.15, 0.2) is 36.4 Å². The van der Waals surface area contributed by atoms with Gasteiger partial charge in [-0.1, -0.05) is 18.2 Å². The van der Waals surface area contributed by atoms with Crippen LogP contribution in [0.2, 0.25) is 0 Å². The lowest BCUT2D eigenvalue weighted by Crippen LogP contribution is -2.32. The molecule has 0 saturated heterocycles. The maximum atomic E-state index is 13.7. The van der Waals surface area contributed by atoms with Crippen molar-refractivity contribution in [2.24, 2.45) is 5.92 Å². The van der Waals surface area contributed by atoms with Crippen LogP contribution in [0, 0.1) is 5.92 Å². The van der Waals surface area contributed by atoms with Crippen molar-refractivity contribution in [2.45, 2.75) is 38.8 Å². The molecule has 1 fully saturated rings. The van der Waals surface area contributed by atoms with E-state index >= 15 is 0 Å². The Morgan fingerprint density at radius 2 is 1.97 bits per heavy atom. The Hall–Kier alpha value is -2.77. The summed E-state index contributed by atoms with van der Waals surface area (Å²) < 4.78 is 11.3. The van der Waals surface area contributed by atoms with Gasteiger partial charge in [-0.25, -0.2) is 0 Å². The lowest BCUT2D eigenvalue weighted by Gasteiger charge is -2.30. The van der Waals surface area contributed by atoms with E-state index in [0.29, 0.717) is 35.9 Å². The zero-order valence-electron chi connectivity index (χ0n) is 20.3. The molecule has 1 aliphatic carbocycles. The number of fused-ring (bicyclic) bond motifs is 1. The van der Waals surface area contributed by atoms with Crippen LogP contribution in [-0.4, -0.2) is 56.0 Å². The second-order valence-electron chi connectivity index (χ2n) is 8.99. The summed E-state index contributed by atoms with van der Waals surface area (Å²) in [5, 5.41) is 2.99. The summed E-state index contributed by atoms with van der Waals surface area (Å²) in [7, 11) is 5.69. The third kappa shape index (κ3) is 5.47. The molecule has 2 amide bonds. The second-order valence-corrected chi connectivity index (χ2v) is 8.99. The Bertz CT molecular complexity index is 1040. The summed E-state index contributed by atoms with van der Waals surface area (Å²) in [4.78, 5) is 30.1. The van der Waals surface area contributed by atoms with Crippen LogP contribution in [0.5, 0.6) is 11.5 Å². The number of nitrogens with zero attached hydrogens (tertiary/aromatic N) is 2. The fourth-order valence-electron chi connectivity index (χ4n) is 4.37. The predicted octanol–water partition coefficient (Wildman–Crippen LogP) is 4.51. The van der Waals surface area contributed by atoms with Crippen LogP contribution in [0.4, 0.5) is 5.69 Å². The molecule has 8 heteroatoms. The first kappa shape index (κ1) is 25.8. The van der Waals surface area contributed by atoms with Crippen LogP contribution in [-0.2, 0) is 11.3 Å². The highest BCUT2D eigenvalue weighted by atomic mass is 35.5. The van der Waals surface area contributed by atoms with Gasteiger partial charge in [-0.3, -0.25) is 9.59 Å². The summed E-state index contributed by atoms with van der Waals surface area (Å²) >= 11 is 0. The predicted molar refractivity (Wildman–Crippen MR) is 135 cm³/mol. The molecule has 2 aromatic rings. The minimum Gasteiger partial charge on any atom is -0.493 e. The molecule has 0 bridgehead atoms. The van der Waals surface area contributed by atoms with Gasteiger partial charge in [0.1, 0.15) is 0 Å². The minimum absolute atomic E-state index is 0. The number of carbonyl (C=O) groups is 2. The standard InChI is InChI=1S/C26H33N3O4.ClH/c1-5-33-23-15-18(11-12-22(23)32-4)21(13-14-28(2)3)29-16-19-7-6-8-20(24(19)26(29)31)27-25(30)17-9-10-17;/h6-8,11-12,15,17,21H,5,9-10,13-14,16H2,1-4H3,(H,27,30);1H/t21-;/m0./s1. The Balaban J connectivity index is 0.00000324. The third-order valence-electron chi connectivity index (χ3n) is 6.27. The zero-order valence-corrected chi connectivity index (χ0v) is 21.1. The Labute approximate surface area is 207 Å². The second kappa shape index (κ2) is 11.1. The molecule has 2 aromatic carbocycles. The van der Waals surface area contributed by atoms with E-state index in [-0.39, 0.29) is 36.2 Å². The summed E-state index contributed by atoms with van der Waals surface area (Å²) in [6.45, 7) is 3.80. The van der Waals surface area contributed by atoms with Gasteiger partial charge in [-0.15, -0.1) is 12.4 Å². The minimum atomic E-state index is -0.135. The Kier molecular flexibility index (Phi) is 8.44. The van der Waals surface area contributed by atoms with E-state index in [2.05, 4.69) is 10.2 Å². The number of hydrogen-bond donors (Lipinski definition) is 1. The van der Waals surface area contributed by atoms with Crippen molar-refractivity contribution in [3.8, 4) is 11.5 Å². The van der Waals surface area contributed by atoms with Crippen molar-refractivity contribution in [1.82, 2.24) is 9.80 Å². The molecule has 0 unspecified atom stereocenters. The number of carbonyl (C=O) groups excluding carboxylic acids is 2. The Morgan fingerprint density at radius 3 is 2.62 bits per heavy atom. The third-order valence-corrected chi connectivity index (χ3v) is 6.27. The number of nitrogens with one attached hydrogen (secondary N) is 1. The molecule has 1 atom stereocenters. The molecule has 34 heavy (non-hydrogen) atoms. The largest absolute Gasteiger partial charge is 0.493 e. The topological polar surface area (TPSA) is 71.1 Å². The van der Waals surface area contributed by atoms with E-state index in [4.69, 9.17) is 9.47 Å². The molecule has 1 heterocycles. The summed E-state index contributed by atoms with van der Waals surface area (Å²) in [6, 6.07) is 11.5. The lowest BCUT2D eigenvalue weighted by molar-refractivity contribution is -0.117. The van der Waals surface area contributed by atoms with Gasteiger partial charge in [-0.05, 0) is 76.2 Å². The highest BCUT2D eigenvalue weighted by molar-refractivity contribution is 6.07. The molecule has 184 valence electrons. The van der Waals surface area contributed by atoms with Gasteiger partial charge in [0.15, 0.2) is 11.5 Å². The zero-order chi connectivity index (χ0) is 23.5. The highest BCUT2D eigenvalue weighted by Crippen LogP contribution is 2.40. The Morgan fingerprint density at radius 1 is 1.21 bits per heavy atom. The quantitative estimate of drug-likeness (QED) is 0.533.